The fourth-order valence-corrected chi connectivity index (χ4v) is 4.77. The molecule has 1 aromatic heterocycles. The van der Waals surface area contributed by atoms with Crippen molar-refractivity contribution in [3.8, 4) is 0 Å². The number of carbonyl (C=O) groups is 3. The third-order valence-corrected chi connectivity index (χ3v) is 7.11. The van der Waals surface area contributed by atoms with Gasteiger partial charge in [0.25, 0.3) is 5.56 Å². The summed E-state index contributed by atoms with van der Waals surface area (Å²) in [6.45, 7) is 0.851. The van der Waals surface area contributed by atoms with Gasteiger partial charge < -0.3 is 44.4 Å². The molecule has 1 aliphatic heterocycles. The number of phosphoric acid groups is 1. The highest BCUT2D eigenvalue weighted by Gasteiger charge is 2.65. The van der Waals surface area contributed by atoms with E-state index in [4.69, 9.17) is 38.3 Å². The minimum absolute atomic E-state index is 0.606. The van der Waals surface area contributed by atoms with E-state index in [0.717, 1.165) is 19.2 Å². The van der Waals surface area contributed by atoms with Crippen molar-refractivity contribution in [3.63, 3.8) is 0 Å². The molecule has 0 aromatic carbocycles. The van der Waals surface area contributed by atoms with Gasteiger partial charge in [0.2, 0.25) is 13.6 Å². The molecule has 0 radical (unpaired) electrons. The van der Waals surface area contributed by atoms with Crippen LogP contribution in [0, 0.1) is 0 Å². The normalized spacial score (nSPS) is 23.6. The highest BCUT2D eigenvalue weighted by atomic mass is 31.2. The van der Waals surface area contributed by atoms with Gasteiger partial charge in [-0.15, -0.1) is 0 Å². The Morgan fingerprint density at radius 3 is 2.09 bits per heavy atom. The number of hydrogen-bond donors (Lipinski definition) is 4. The molecule has 262 valence electrons. The topological polar surface area (TPSA) is 273 Å². The summed E-state index contributed by atoms with van der Waals surface area (Å²) in [6, 6.07) is -0.799. The van der Waals surface area contributed by atoms with Crippen LogP contribution in [0.5, 0.6) is 0 Å². The molecule has 1 fully saturated rings. The Morgan fingerprint density at radius 1 is 1.09 bits per heavy atom. The lowest BCUT2D eigenvalue weighted by Gasteiger charge is -2.35. The fraction of sp³-hybridized carbons (Fsp3) is 0.708. The first-order valence-corrected chi connectivity index (χ1v) is 14.9. The molecule has 0 spiro atoms. The van der Waals surface area contributed by atoms with Gasteiger partial charge in [-0.05, 0) is 34.6 Å². The second-order valence-electron chi connectivity index (χ2n) is 10.4. The molecule has 0 saturated carbocycles. The Labute approximate surface area is 260 Å². The molecule has 2 rings (SSSR count). The SMILES string of the molecule is CC(C)OC(=O)OCOP(=O)(OCOC(=O)OC(C)C)OCC1(CF)OC(n2ccc(=O)[nH]c2=O)C(C)(O)C1OC(=O)C(N)CO. The zero-order chi connectivity index (χ0) is 34.9. The monoisotopic (exact) mass is 689 g/mol. The van der Waals surface area contributed by atoms with Crippen molar-refractivity contribution < 1.29 is 75.5 Å². The molecule has 46 heavy (non-hydrogen) atoms. The van der Waals surface area contributed by atoms with Gasteiger partial charge in [0.1, 0.15) is 18.3 Å². The van der Waals surface area contributed by atoms with Crippen LogP contribution in [0.4, 0.5) is 14.0 Å². The molecule has 0 amide bonds. The molecule has 2 heterocycles. The Kier molecular flexibility index (Phi) is 13.8. The van der Waals surface area contributed by atoms with E-state index >= 15 is 0 Å². The Balaban J connectivity index is 2.44. The fourth-order valence-electron chi connectivity index (χ4n) is 3.80. The number of nitrogens with two attached hydrogens (primary N) is 1. The Bertz CT molecular complexity index is 1340. The number of aromatic nitrogens is 2. The summed E-state index contributed by atoms with van der Waals surface area (Å²) in [4.78, 5) is 62.1. The van der Waals surface area contributed by atoms with Crippen molar-refractivity contribution in [2.24, 2.45) is 5.73 Å². The first-order valence-electron chi connectivity index (χ1n) is 13.4. The van der Waals surface area contributed by atoms with Crippen molar-refractivity contribution in [2.75, 3.05) is 33.5 Å². The van der Waals surface area contributed by atoms with E-state index in [1.54, 1.807) is 0 Å². The van der Waals surface area contributed by atoms with E-state index in [-0.39, 0.29) is 0 Å². The summed E-state index contributed by atoms with van der Waals surface area (Å²) in [5.41, 5.74) is -1.59. The van der Waals surface area contributed by atoms with Gasteiger partial charge in [0, 0.05) is 12.3 Å². The lowest BCUT2D eigenvalue weighted by molar-refractivity contribution is -0.177. The molecule has 1 aromatic rings. The number of halogens is 1. The van der Waals surface area contributed by atoms with Crippen LogP contribution < -0.4 is 17.0 Å². The zero-order valence-electron chi connectivity index (χ0n) is 25.4. The van der Waals surface area contributed by atoms with Gasteiger partial charge in [-0.3, -0.25) is 23.7 Å². The molecule has 5 atom stereocenters. The Hall–Kier alpha value is -3.43. The van der Waals surface area contributed by atoms with Crippen molar-refractivity contribution in [1.29, 1.82) is 0 Å². The third-order valence-electron chi connectivity index (χ3n) is 5.82. The number of nitrogens with one attached hydrogen (secondary N) is 1. The summed E-state index contributed by atoms with van der Waals surface area (Å²) in [6.07, 6.45) is -6.85. The third kappa shape index (κ3) is 10.3. The van der Waals surface area contributed by atoms with Crippen molar-refractivity contribution in [3.05, 3.63) is 33.1 Å². The number of carbonyl (C=O) groups excluding carboxylic acids is 3. The number of alkyl halides is 1. The minimum atomic E-state index is -5.06. The van der Waals surface area contributed by atoms with Crippen LogP contribution >= 0.6 is 7.82 Å². The standard InChI is InChI=1S/C24H37FN3O17P/c1-13(2)42-21(33)37-11-40-46(36,41-12-38-22(34)43-14(3)4)39-10-24(9-25)18(44-17(31)15(26)8-29)23(5,35)19(45-24)28-7-6-16(30)27-20(28)32/h6-7,13-15,18-19,29,35H,8-12,26H2,1-5H3,(H,27,30,32). The average molecular weight is 690 g/mol. The summed E-state index contributed by atoms with van der Waals surface area (Å²) in [7, 11) is -5.06. The van der Waals surface area contributed by atoms with E-state index < -0.39 is 113 Å². The lowest BCUT2D eigenvalue weighted by Crippen LogP contribution is -2.57. The van der Waals surface area contributed by atoms with Crippen molar-refractivity contribution >= 4 is 26.1 Å². The van der Waals surface area contributed by atoms with Crippen molar-refractivity contribution in [2.45, 2.75) is 76.4 Å². The second-order valence-corrected chi connectivity index (χ2v) is 12.0. The molecule has 0 aliphatic carbocycles. The number of ether oxygens (including phenoxy) is 6. The van der Waals surface area contributed by atoms with Crippen LogP contribution in [-0.2, 0) is 51.4 Å². The number of aromatic amines is 1. The molecular weight excluding hydrogens is 652 g/mol. The van der Waals surface area contributed by atoms with Crippen LogP contribution in [0.2, 0.25) is 0 Å². The molecule has 1 saturated heterocycles. The molecule has 5 unspecified atom stereocenters. The van der Waals surface area contributed by atoms with E-state index in [1.165, 1.54) is 27.7 Å². The number of nitrogens with zero attached hydrogens (tertiary/aromatic N) is 1. The number of aliphatic hydroxyl groups is 2. The molecule has 20 nitrogen and oxygen atoms in total. The number of hydrogen-bond acceptors (Lipinski definition) is 18. The first kappa shape index (κ1) is 38.8. The van der Waals surface area contributed by atoms with Gasteiger partial charge in [-0.25, -0.2) is 32.4 Å². The van der Waals surface area contributed by atoms with E-state index in [0.29, 0.717) is 4.57 Å². The molecule has 1 aliphatic rings. The number of phosphoric ester groups is 1. The highest BCUT2D eigenvalue weighted by molar-refractivity contribution is 7.48. The molecular formula is C24H37FN3O17P. The summed E-state index contributed by atoms with van der Waals surface area (Å²) in [5, 5.41) is 20.7. The lowest BCUT2D eigenvalue weighted by atomic mass is 9.88. The van der Waals surface area contributed by atoms with Crippen LogP contribution in [-0.4, -0.2) is 107 Å². The van der Waals surface area contributed by atoms with E-state index in [2.05, 4.69) is 9.47 Å². The quantitative estimate of drug-likeness (QED) is 0.0766. The van der Waals surface area contributed by atoms with E-state index in [9.17, 15) is 43.1 Å². The number of rotatable bonds is 16. The Morgan fingerprint density at radius 2 is 1.63 bits per heavy atom. The summed E-state index contributed by atoms with van der Waals surface area (Å²) < 4.78 is 73.8. The van der Waals surface area contributed by atoms with Gasteiger partial charge in [0.15, 0.2) is 17.9 Å². The zero-order valence-corrected chi connectivity index (χ0v) is 26.3. The predicted octanol–water partition coefficient (Wildman–Crippen LogP) is -0.0478. The van der Waals surface area contributed by atoms with Gasteiger partial charge in [-0.1, -0.05) is 0 Å². The molecule has 0 bridgehead atoms. The van der Waals surface area contributed by atoms with E-state index in [1.807, 2.05) is 4.98 Å². The average Bonchev–Trinajstić information content (AvgIpc) is 3.17. The van der Waals surface area contributed by atoms with Gasteiger partial charge in [-0.2, -0.15) is 0 Å². The predicted molar refractivity (Wildman–Crippen MR) is 147 cm³/mol. The van der Waals surface area contributed by atoms with Crippen molar-refractivity contribution in [1.82, 2.24) is 9.55 Å². The maximum absolute atomic E-state index is 15.0. The van der Waals surface area contributed by atoms with Crippen LogP contribution in [0.3, 0.4) is 0 Å². The van der Waals surface area contributed by atoms with Crippen LogP contribution in [0.1, 0.15) is 40.8 Å². The number of H-pyrrole nitrogens is 1. The highest BCUT2D eigenvalue weighted by Crippen LogP contribution is 2.53. The smallest absolute Gasteiger partial charge is 0.455 e. The minimum Gasteiger partial charge on any atom is -0.455 e. The summed E-state index contributed by atoms with van der Waals surface area (Å²) >= 11 is 0. The largest absolute Gasteiger partial charge is 0.510 e. The van der Waals surface area contributed by atoms with Crippen LogP contribution in [0.15, 0.2) is 21.9 Å². The molecule has 22 heteroatoms. The molecule has 5 N–H and O–H groups in total. The summed E-state index contributed by atoms with van der Waals surface area (Å²) in [5.74, 6) is -1.35. The van der Waals surface area contributed by atoms with Gasteiger partial charge >= 0.3 is 31.8 Å². The number of esters is 1. The number of aliphatic hydroxyl groups excluding tert-OH is 1. The van der Waals surface area contributed by atoms with Crippen LogP contribution in [0.25, 0.3) is 0 Å². The maximum Gasteiger partial charge on any atom is 0.510 e. The first-order chi connectivity index (χ1) is 21.4. The van der Waals surface area contributed by atoms with Gasteiger partial charge in [0.05, 0.1) is 25.4 Å². The maximum atomic E-state index is 15.0. The second kappa shape index (κ2) is 16.4.